The first kappa shape index (κ1) is 17.4. The first-order valence-corrected chi connectivity index (χ1v) is 8.36. The Morgan fingerprint density at radius 2 is 2.04 bits per heavy atom. The Hall–Kier alpha value is -1.92. The minimum atomic E-state index is -0.368. The molecule has 0 bridgehead atoms. The molecule has 0 saturated carbocycles. The van der Waals surface area contributed by atoms with E-state index >= 15 is 0 Å². The van der Waals surface area contributed by atoms with E-state index in [1.54, 1.807) is 7.11 Å². The Kier molecular flexibility index (Phi) is 5.74. The number of hydrogen-bond donors (Lipinski definition) is 2. The van der Waals surface area contributed by atoms with E-state index in [4.69, 9.17) is 4.74 Å². The quantitative estimate of drug-likeness (QED) is 0.841. The summed E-state index contributed by atoms with van der Waals surface area (Å²) in [6.45, 7) is 7.75. The average molecular weight is 333 g/mol. The van der Waals surface area contributed by atoms with Crippen LogP contribution < -0.4 is 10.6 Å². The number of hydrogen-bond acceptors (Lipinski definition) is 5. The standard InChI is InChI=1S/C17H23N3O2S/c1-10-13(4)23-17(19-10)20-16(21)11(2)18-15-8-6-7-14(9-15)12(3)22-5/h6-9,11-12,18H,1-5H3,(H,19,20,21). The maximum Gasteiger partial charge on any atom is 0.248 e. The van der Waals surface area contributed by atoms with Gasteiger partial charge >= 0.3 is 0 Å². The van der Waals surface area contributed by atoms with Gasteiger partial charge in [0.05, 0.1) is 11.8 Å². The van der Waals surface area contributed by atoms with Crippen molar-refractivity contribution in [3.05, 3.63) is 40.4 Å². The van der Waals surface area contributed by atoms with Crippen LogP contribution in [-0.4, -0.2) is 24.0 Å². The number of thiazole rings is 1. The zero-order valence-electron chi connectivity index (χ0n) is 14.1. The van der Waals surface area contributed by atoms with E-state index in [1.807, 2.05) is 52.0 Å². The van der Waals surface area contributed by atoms with Crippen molar-refractivity contribution in [2.24, 2.45) is 0 Å². The van der Waals surface area contributed by atoms with E-state index in [1.165, 1.54) is 11.3 Å². The summed E-state index contributed by atoms with van der Waals surface area (Å²) in [5, 5.41) is 6.70. The molecule has 1 aromatic carbocycles. The van der Waals surface area contributed by atoms with Crippen molar-refractivity contribution in [1.82, 2.24) is 4.98 Å². The van der Waals surface area contributed by atoms with Gasteiger partial charge in [-0.05, 0) is 45.4 Å². The van der Waals surface area contributed by atoms with E-state index in [9.17, 15) is 4.79 Å². The monoisotopic (exact) mass is 333 g/mol. The molecule has 0 aliphatic carbocycles. The number of methoxy groups -OCH3 is 1. The zero-order valence-corrected chi connectivity index (χ0v) is 15.0. The number of carbonyl (C=O) groups is 1. The number of rotatable bonds is 6. The molecule has 1 heterocycles. The van der Waals surface area contributed by atoms with Crippen LogP contribution in [0.1, 0.15) is 36.1 Å². The van der Waals surface area contributed by atoms with Crippen molar-refractivity contribution < 1.29 is 9.53 Å². The minimum absolute atomic E-state index is 0.0159. The first-order chi connectivity index (χ1) is 10.9. The highest BCUT2D eigenvalue weighted by molar-refractivity contribution is 7.15. The highest BCUT2D eigenvalue weighted by atomic mass is 32.1. The number of aryl methyl sites for hydroxylation is 2. The largest absolute Gasteiger partial charge is 0.377 e. The lowest BCUT2D eigenvalue weighted by atomic mass is 10.1. The van der Waals surface area contributed by atoms with Crippen LogP contribution in [-0.2, 0) is 9.53 Å². The third kappa shape index (κ3) is 4.53. The molecule has 2 unspecified atom stereocenters. The van der Waals surface area contributed by atoms with Crippen molar-refractivity contribution >= 4 is 28.1 Å². The summed E-state index contributed by atoms with van der Waals surface area (Å²) in [5.41, 5.74) is 2.91. The maximum absolute atomic E-state index is 12.3. The van der Waals surface area contributed by atoms with Gasteiger partial charge in [-0.1, -0.05) is 12.1 Å². The second-order valence-corrected chi connectivity index (χ2v) is 6.72. The number of aromatic nitrogens is 1. The molecule has 0 fully saturated rings. The van der Waals surface area contributed by atoms with Gasteiger partial charge in [-0.25, -0.2) is 4.98 Å². The van der Waals surface area contributed by atoms with Crippen molar-refractivity contribution in [2.75, 3.05) is 17.7 Å². The molecule has 0 aliphatic heterocycles. The summed E-state index contributed by atoms with van der Waals surface area (Å²) in [6, 6.07) is 7.52. The second kappa shape index (κ2) is 7.57. The lowest BCUT2D eigenvalue weighted by molar-refractivity contribution is -0.116. The highest BCUT2D eigenvalue weighted by Gasteiger charge is 2.15. The van der Waals surface area contributed by atoms with Gasteiger partial charge in [0.25, 0.3) is 0 Å². The van der Waals surface area contributed by atoms with Crippen molar-refractivity contribution in [1.29, 1.82) is 0 Å². The Morgan fingerprint density at radius 3 is 2.65 bits per heavy atom. The fourth-order valence-electron chi connectivity index (χ4n) is 2.07. The van der Waals surface area contributed by atoms with Gasteiger partial charge in [0.1, 0.15) is 6.04 Å². The van der Waals surface area contributed by atoms with Crippen molar-refractivity contribution in [3.63, 3.8) is 0 Å². The molecule has 0 saturated heterocycles. The second-order valence-electron chi connectivity index (χ2n) is 5.52. The van der Waals surface area contributed by atoms with E-state index < -0.39 is 0 Å². The van der Waals surface area contributed by atoms with Crippen LogP contribution in [0, 0.1) is 13.8 Å². The van der Waals surface area contributed by atoms with Crippen LogP contribution in [0.3, 0.4) is 0 Å². The van der Waals surface area contributed by atoms with E-state index in [-0.39, 0.29) is 18.1 Å². The van der Waals surface area contributed by atoms with Crippen LogP contribution in [0.5, 0.6) is 0 Å². The topological polar surface area (TPSA) is 63.2 Å². The summed E-state index contributed by atoms with van der Waals surface area (Å²) in [7, 11) is 1.68. The Labute approximate surface area is 141 Å². The predicted octanol–water partition coefficient (Wildman–Crippen LogP) is 3.91. The third-order valence-corrected chi connectivity index (χ3v) is 4.73. The van der Waals surface area contributed by atoms with Crippen LogP contribution in [0.4, 0.5) is 10.8 Å². The Bertz CT molecular complexity index is 665. The number of ether oxygens (including phenoxy) is 1. The SMILES string of the molecule is COC(C)c1cccc(NC(C)C(=O)Nc2nc(C)c(C)s2)c1. The molecule has 2 atom stereocenters. The third-order valence-electron chi connectivity index (χ3n) is 3.74. The molecule has 124 valence electrons. The van der Waals surface area contributed by atoms with Gasteiger partial charge in [-0.15, -0.1) is 11.3 Å². The molecule has 0 spiro atoms. The molecule has 2 aromatic rings. The molecule has 0 aliphatic rings. The van der Waals surface area contributed by atoms with E-state index in [0.717, 1.165) is 21.8 Å². The molecule has 5 nitrogen and oxygen atoms in total. The lowest BCUT2D eigenvalue weighted by Crippen LogP contribution is -2.31. The van der Waals surface area contributed by atoms with Gasteiger partial charge in [-0.3, -0.25) is 4.79 Å². The zero-order chi connectivity index (χ0) is 17.0. The molecule has 23 heavy (non-hydrogen) atoms. The number of benzene rings is 1. The summed E-state index contributed by atoms with van der Waals surface area (Å²) >= 11 is 1.49. The lowest BCUT2D eigenvalue weighted by Gasteiger charge is -2.16. The maximum atomic E-state index is 12.3. The van der Waals surface area contributed by atoms with Crippen molar-refractivity contribution in [3.8, 4) is 0 Å². The van der Waals surface area contributed by atoms with Crippen LogP contribution in [0.15, 0.2) is 24.3 Å². The number of amides is 1. The fourth-order valence-corrected chi connectivity index (χ4v) is 2.89. The summed E-state index contributed by atoms with van der Waals surface area (Å²) in [6.07, 6.45) is 0.0159. The number of nitrogens with one attached hydrogen (secondary N) is 2. The number of anilines is 2. The smallest absolute Gasteiger partial charge is 0.248 e. The summed E-state index contributed by atoms with van der Waals surface area (Å²) in [5.74, 6) is -0.107. The summed E-state index contributed by atoms with van der Waals surface area (Å²) < 4.78 is 5.32. The average Bonchev–Trinajstić information content (AvgIpc) is 2.84. The molecular formula is C17H23N3O2S. The molecule has 0 radical (unpaired) electrons. The summed E-state index contributed by atoms with van der Waals surface area (Å²) in [4.78, 5) is 17.7. The molecule has 2 rings (SSSR count). The van der Waals surface area contributed by atoms with E-state index in [0.29, 0.717) is 5.13 Å². The van der Waals surface area contributed by atoms with Crippen LogP contribution >= 0.6 is 11.3 Å². The first-order valence-electron chi connectivity index (χ1n) is 7.55. The molecule has 1 amide bonds. The predicted molar refractivity (Wildman–Crippen MR) is 95.2 cm³/mol. The Balaban J connectivity index is 2.00. The van der Waals surface area contributed by atoms with Crippen LogP contribution in [0.2, 0.25) is 0 Å². The number of carbonyl (C=O) groups excluding carboxylic acids is 1. The fraction of sp³-hybridized carbons (Fsp3) is 0.412. The highest BCUT2D eigenvalue weighted by Crippen LogP contribution is 2.22. The van der Waals surface area contributed by atoms with Crippen molar-refractivity contribution in [2.45, 2.75) is 39.8 Å². The molecule has 2 N–H and O–H groups in total. The molecular weight excluding hydrogens is 310 g/mol. The molecule has 6 heteroatoms. The van der Waals surface area contributed by atoms with Gasteiger partial charge < -0.3 is 15.4 Å². The van der Waals surface area contributed by atoms with Gasteiger partial charge in [0.2, 0.25) is 5.91 Å². The Morgan fingerprint density at radius 1 is 1.30 bits per heavy atom. The normalized spacial score (nSPS) is 13.4. The number of nitrogens with zero attached hydrogens (tertiary/aromatic N) is 1. The van der Waals surface area contributed by atoms with Crippen LogP contribution in [0.25, 0.3) is 0 Å². The van der Waals surface area contributed by atoms with Gasteiger partial charge in [0.15, 0.2) is 5.13 Å². The van der Waals surface area contributed by atoms with Gasteiger partial charge in [0, 0.05) is 17.7 Å². The van der Waals surface area contributed by atoms with E-state index in [2.05, 4.69) is 15.6 Å². The minimum Gasteiger partial charge on any atom is -0.377 e. The molecule has 1 aromatic heterocycles. The van der Waals surface area contributed by atoms with Gasteiger partial charge in [-0.2, -0.15) is 0 Å².